The lowest BCUT2D eigenvalue weighted by atomic mass is 10.0. The van der Waals surface area contributed by atoms with Crippen molar-refractivity contribution in [2.45, 2.75) is 24.7 Å². The van der Waals surface area contributed by atoms with Crippen LogP contribution in [0.25, 0.3) is 22.6 Å². The van der Waals surface area contributed by atoms with Crippen LogP contribution in [0.5, 0.6) is 0 Å². The van der Waals surface area contributed by atoms with Crippen molar-refractivity contribution >= 4 is 32.7 Å². The van der Waals surface area contributed by atoms with Crippen molar-refractivity contribution in [2.75, 3.05) is 18.4 Å². The zero-order valence-electron chi connectivity index (χ0n) is 18.8. The van der Waals surface area contributed by atoms with Gasteiger partial charge in [0.05, 0.1) is 4.90 Å². The van der Waals surface area contributed by atoms with Crippen LogP contribution in [0.4, 0.5) is 5.69 Å². The summed E-state index contributed by atoms with van der Waals surface area (Å²) in [5.74, 6) is 0.548. The summed E-state index contributed by atoms with van der Waals surface area (Å²) >= 11 is 0. The zero-order valence-corrected chi connectivity index (χ0v) is 19.6. The average Bonchev–Trinajstić information content (AvgIpc) is 3.29. The largest absolute Gasteiger partial charge is 0.436 e. The number of rotatable bonds is 5. The molecule has 3 aromatic carbocycles. The molecule has 174 valence electrons. The molecule has 0 spiro atoms. The van der Waals surface area contributed by atoms with Gasteiger partial charge in [-0.3, -0.25) is 4.79 Å². The van der Waals surface area contributed by atoms with Gasteiger partial charge in [0.15, 0.2) is 5.58 Å². The Morgan fingerprint density at radius 1 is 1.03 bits per heavy atom. The van der Waals surface area contributed by atoms with E-state index < -0.39 is 10.0 Å². The van der Waals surface area contributed by atoms with Gasteiger partial charge < -0.3 is 9.73 Å². The maximum Gasteiger partial charge on any atom is 0.255 e. The zero-order chi connectivity index (χ0) is 23.7. The van der Waals surface area contributed by atoms with Crippen LogP contribution in [0, 0.1) is 5.92 Å². The molecule has 1 saturated heterocycles. The number of oxazole rings is 1. The second kappa shape index (κ2) is 9.04. The number of hydrogen-bond donors (Lipinski definition) is 1. The molecule has 4 aromatic rings. The number of aromatic nitrogens is 1. The van der Waals surface area contributed by atoms with E-state index in [1.54, 1.807) is 24.3 Å². The Kier molecular flexibility index (Phi) is 5.93. The molecule has 8 heteroatoms. The van der Waals surface area contributed by atoms with Gasteiger partial charge in [-0.05, 0) is 79.4 Å². The molecule has 7 nitrogen and oxygen atoms in total. The van der Waals surface area contributed by atoms with Crippen LogP contribution < -0.4 is 5.32 Å². The van der Waals surface area contributed by atoms with Crippen LogP contribution in [0.2, 0.25) is 0 Å². The van der Waals surface area contributed by atoms with Gasteiger partial charge in [-0.2, -0.15) is 4.31 Å². The van der Waals surface area contributed by atoms with Crippen molar-refractivity contribution in [1.29, 1.82) is 0 Å². The van der Waals surface area contributed by atoms with Gasteiger partial charge in [-0.15, -0.1) is 0 Å². The number of piperidine rings is 1. The van der Waals surface area contributed by atoms with E-state index in [0.29, 0.717) is 36.1 Å². The highest BCUT2D eigenvalue weighted by Gasteiger charge is 2.28. The number of amides is 1. The smallest absolute Gasteiger partial charge is 0.255 e. The van der Waals surface area contributed by atoms with Crippen LogP contribution in [-0.2, 0) is 10.0 Å². The molecule has 1 fully saturated rings. The van der Waals surface area contributed by atoms with Gasteiger partial charge in [0, 0.05) is 29.9 Å². The van der Waals surface area contributed by atoms with Crippen LogP contribution in [0.3, 0.4) is 0 Å². The number of carbonyl (C=O) groups excluding carboxylic acids is 1. The molecule has 1 amide bonds. The van der Waals surface area contributed by atoms with Gasteiger partial charge in [-0.25, -0.2) is 13.4 Å². The molecule has 1 aliphatic heterocycles. The minimum Gasteiger partial charge on any atom is -0.436 e. The summed E-state index contributed by atoms with van der Waals surface area (Å²) in [5.41, 5.74) is 3.30. The van der Waals surface area contributed by atoms with Crippen LogP contribution in [0.15, 0.2) is 82.1 Å². The number of anilines is 1. The fraction of sp³-hybridized carbons (Fsp3) is 0.231. The van der Waals surface area contributed by atoms with Crippen molar-refractivity contribution in [1.82, 2.24) is 9.29 Å². The molecule has 34 heavy (non-hydrogen) atoms. The van der Waals surface area contributed by atoms with E-state index in [9.17, 15) is 13.2 Å². The highest BCUT2D eigenvalue weighted by atomic mass is 32.2. The maximum absolute atomic E-state index is 12.9. The van der Waals surface area contributed by atoms with E-state index in [4.69, 9.17) is 4.42 Å². The third-order valence-electron chi connectivity index (χ3n) is 6.06. The Labute approximate surface area is 198 Å². The molecule has 0 bridgehead atoms. The summed E-state index contributed by atoms with van der Waals surface area (Å²) in [6.07, 6.45) is 1.91. The minimum absolute atomic E-state index is 0.209. The van der Waals surface area contributed by atoms with E-state index in [0.717, 1.165) is 29.5 Å². The second-order valence-electron chi connectivity index (χ2n) is 8.65. The third kappa shape index (κ3) is 4.47. The molecule has 1 aliphatic rings. The topological polar surface area (TPSA) is 92.5 Å². The lowest BCUT2D eigenvalue weighted by Gasteiger charge is -2.30. The van der Waals surface area contributed by atoms with E-state index in [-0.39, 0.29) is 10.8 Å². The molecule has 1 unspecified atom stereocenters. The summed E-state index contributed by atoms with van der Waals surface area (Å²) in [6, 6.07) is 20.9. The Bertz CT molecular complexity index is 1390. The Morgan fingerprint density at radius 2 is 1.76 bits per heavy atom. The van der Waals surface area contributed by atoms with Crippen molar-refractivity contribution in [3.8, 4) is 11.5 Å². The highest BCUT2D eigenvalue weighted by Crippen LogP contribution is 2.26. The first kappa shape index (κ1) is 22.3. The van der Waals surface area contributed by atoms with Gasteiger partial charge in [0.25, 0.3) is 5.91 Å². The number of carbonyl (C=O) groups is 1. The number of nitrogens with zero attached hydrogens (tertiary/aromatic N) is 2. The lowest BCUT2D eigenvalue weighted by molar-refractivity contribution is 0.102. The number of hydrogen-bond acceptors (Lipinski definition) is 5. The molecule has 1 aromatic heterocycles. The van der Waals surface area contributed by atoms with Crippen LogP contribution in [0.1, 0.15) is 30.1 Å². The molecule has 2 heterocycles. The van der Waals surface area contributed by atoms with Crippen LogP contribution in [-0.4, -0.2) is 36.7 Å². The Balaban J connectivity index is 1.27. The molecule has 1 N–H and O–H groups in total. The predicted octanol–water partition coefficient (Wildman–Crippen LogP) is 5.17. The number of fused-ring (bicyclic) bond motifs is 1. The van der Waals surface area contributed by atoms with Crippen LogP contribution >= 0.6 is 0 Å². The van der Waals surface area contributed by atoms with Gasteiger partial charge >= 0.3 is 0 Å². The van der Waals surface area contributed by atoms with E-state index >= 15 is 0 Å². The SMILES string of the molecule is CC1CCCN(S(=O)(=O)c2ccc(C(=O)Nc3ccc(-c4nc5ccccc5o4)cc3)cc2)C1. The first-order chi connectivity index (χ1) is 16.4. The van der Waals surface area contributed by atoms with E-state index in [1.165, 1.54) is 16.4 Å². The summed E-state index contributed by atoms with van der Waals surface area (Å²) in [7, 11) is -3.55. The minimum atomic E-state index is -3.55. The Morgan fingerprint density at radius 3 is 2.47 bits per heavy atom. The quantitative estimate of drug-likeness (QED) is 0.430. The van der Waals surface area contributed by atoms with Gasteiger partial charge in [0.1, 0.15) is 5.52 Å². The number of benzene rings is 3. The monoisotopic (exact) mass is 475 g/mol. The summed E-state index contributed by atoms with van der Waals surface area (Å²) in [6.45, 7) is 3.13. The van der Waals surface area contributed by atoms with Crippen molar-refractivity contribution < 1.29 is 17.6 Å². The summed E-state index contributed by atoms with van der Waals surface area (Å²) < 4.78 is 33.2. The molecule has 0 radical (unpaired) electrons. The molecule has 0 saturated carbocycles. The lowest BCUT2D eigenvalue weighted by Crippen LogP contribution is -2.39. The number of nitrogens with one attached hydrogen (secondary N) is 1. The standard InChI is InChI=1S/C26H25N3O4S/c1-18-5-4-16-29(17-18)34(31,32)22-14-10-19(11-15-22)25(30)27-21-12-8-20(9-13-21)26-28-23-6-2-3-7-24(23)33-26/h2-3,6-15,18H,4-5,16-17H2,1H3,(H,27,30). The summed E-state index contributed by atoms with van der Waals surface area (Å²) in [4.78, 5) is 17.4. The molecule has 1 atom stereocenters. The fourth-order valence-electron chi connectivity index (χ4n) is 4.19. The maximum atomic E-state index is 12.9. The normalized spacial score (nSPS) is 17.0. The van der Waals surface area contributed by atoms with E-state index in [2.05, 4.69) is 17.2 Å². The van der Waals surface area contributed by atoms with Gasteiger partial charge in [-0.1, -0.05) is 19.1 Å². The first-order valence-electron chi connectivity index (χ1n) is 11.3. The highest BCUT2D eigenvalue weighted by molar-refractivity contribution is 7.89. The molecule has 5 rings (SSSR count). The van der Waals surface area contributed by atoms with Crippen molar-refractivity contribution in [3.63, 3.8) is 0 Å². The predicted molar refractivity (Wildman–Crippen MR) is 131 cm³/mol. The molecular weight excluding hydrogens is 450 g/mol. The van der Waals surface area contributed by atoms with Crippen molar-refractivity contribution in [3.05, 3.63) is 78.4 Å². The number of sulfonamides is 1. The second-order valence-corrected chi connectivity index (χ2v) is 10.6. The Hall–Kier alpha value is -3.49. The average molecular weight is 476 g/mol. The molecular formula is C26H25N3O4S. The first-order valence-corrected chi connectivity index (χ1v) is 12.7. The summed E-state index contributed by atoms with van der Waals surface area (Å²) in [5, 5.41) is 2.84. The third-order valence-corrected chi connectivity index (χ3v) is 7.94. The van der Waals surface area contributed by atoms with Gasteiger partial charge in [0.2, 0.25) is 15.9 Å². The van der Waals surface area contributed by atoms with Crippen molar-refractivity contribution in [2.24, 2.45) is 5.92 Å². The fourth-order valence-corrected chi connectivity index (χ4v) is 5.79. The number of para-hydroxylation sites is 2. The molecule has 0 aliphatic carbocycles. The van der Waals surface area contributed by atoms with E-state index in [1.807, 2.05) is 36.4 Å².